The Labute approximate surface area is 245 Å². The van der Waals surface area contributed by atoms with Crippen molar-refractivity contribution in [3.05, 3.63) is 42.0 Å². The second kappa shape index (κ2) is 13.2. The third-order valence-electron chi connectivity index (χ3n) is 7.02. The molecule has 2 aromatic heterocycles. The number of hydrogen-bond donors (Lipinski definition) is 1. The van der Waals surface area contributed by atoms with Crippen molar-refractivity contribution in [3.63, 3.8) is 0 Å². The van der Waals surface area contributed by atoms with E-state index < -0.39 is 15.7 Å². The number of amides is 1. The Bertz CT molecular complexity index is 1480. The monoisotopic (exact) mass is 602 g/mol. The fourth-order valence-corrected chi connectivity index (χ4v) is 6.09. The number of benzene rings is 1. The largest absolute Gasteiger partial charge is 0.476 e. The Kier molecular flexibility index (Phi) is 9.95. The summed E-state index contributed by atoms with van der Waals surface area (Å²) in [6.07, 6.45) is 2.40. The highest BCUT2D eigenvalue weighted by atomic mass is 32.2. The number of nitrogens with zero attached hydrogens (tertiary/aromatic N) is 5. The van der Waals surface area contributed by atoms with E-state index in [1.807, 2.05) is 25.2 Å². The Balaban J connectivity index is 1.53. The summed E-state index contributed by atoms with van der Waals surface area (Å²) in [5, 5.41) is 9.75. The first-order chi connectivity index (χ1) is 19.5. The van der Waals surface area contributed by atoms with Crippen molar-refractivity contribution in [2.75, 3.05) is 58.6 Å². The molecule has 222 valence electrons. The molecule has 0 aliphatic carbocycles. The zero-order valence-corrected chi connectivity index (χ0v) is 25.8. The van der Waals surface area contributed by atoms with Crippen LogP contribution in [-0.2, 0) is 19.4 Å². The highest BCUT2D eigenvalue weighted by Crippen LogP contribution is 2.27. The van der Waals surface area contributed by atoms with Crippen LogP contribution in [0.25, 0.3) is 10.3 Å². The van der Waals surface area contributed by atoms with Gasteiger partial charge in [0, 0.05) is 44.0 Å². The van der Waals surface area contributed by atoms with Gasteiger partial charge in [-0.05, 0) is 65.4 Å². The fraction of sp³-hybridized carbons (Fsp3) is 0.500. The normalized spacial score (nSPS) is 14.7. The van der Waals surface area contributed by atoms with E-state index in [4.69, 9.17) is 9.47 Å². The second-order valence-electron chi connectivity index (χ2n) is 10.7. The van der Waals surface area contributed by atoms with Crippen LogP contribution in [0.15, 0.2) is 46.4 Å². The number of ether oxygens (including phenoxy) is 2. The van der Waals surface area contributed by atoms with E-state index in [-0.39, 0.29) is 21.9 Å². The van der Waals surface area contributed by atoms with Gasteiger partial charge in [-0.15, -0.1) is 0 Å². The molecule has 0 unspecified atom stereocenters. The van der Waals surface area contributed by atoms with Crippen LogP contribution < -0.4 is 10.1 Å². The van der Waals surface area contributed by atoms with Gasteiger partial charge in [0.2, 0.25) is 5.88 Å². The molecule has 0 atom stereocenters. The average Bonchev–Trinajstić information content (AvgIpc) is 3.59. The number of carbonyl (C=O) groups excluding carboxylic acids is 1. The number of hydrazone groups is 1. The number of rotatable bonds is 13. The second-order valence-corrected chi connectivity index (χ2v) is 13.8. The van der Waals surface area contributed by atoms with Gasteiger partial charge in [-0.1, -0.05) is 23.5 Å². The number of likely N-dealkylation sites (N-methyl/N-ethyl adjacent to an activating group) is 1. The number of fused-ring (bicyclic) bond motifs is 1. The Morgan fingerprint density at radius 1 is 1.12 bits per heavy atom. The Morgan fingerprint density at radius 2 is 1.83 bits per heavy atom. The number of hydrogen-bond acceptors (Lipinski definition) is 11. The molecule has 1 N–H and O–H groups in total. The minimum atomic E-state index is -3.46. The molecule has 1 amide bonds. The number of thiazole rings is 1. The molecule has 13 heteroatoms. The van der Waals surface area contributed by atoms with Crippen LogP contribution in [0.2, 0.25) is 0 Å². The van der Waals surface area contributed by atoms with Crippen molar-refractivity contribution in [2.24, 2.45) is 5.10 Å². The lowest BCUT2D eigenvalue weighted by Gasteiger charge is -2.31. The molecule has 1 fully saturated rings. The summed E-state index contributed by atoms with van der Waals surface area (Å²) >= 11 is 1.25. The number of pyridine rings is 1. The van der Waals surface area contributed by atoms with Gasteiger partial charge in [0.15, 0.2) is 20.7 Å². The van der Waals surface area contributed by atoms with E-state index in [0.29, 0.717) is 46.6 Å². The summed E-state index contributed by atoms with van der Waals surface area (Å²) in [5.74, 6) is 0.0413. The zero-order valence-electron chi connectivity index (χ0n) is 24.2. The Hall–Kier alpha value is -3.13. The van der Waals surface area contributed by atoms with E-state index in [1.165, 1.54) is 23.5 Å². The van der Waals surface area contributed by atoms with Gasteiger partial charge < -0.3 is 14.4 Å². The SMILES string of the molecule is COCCCS(=O)(=O)c1ccc(C(=NN2CCCC2)C(=O)Nc2nc3ccc(OCC(C)(C)N(C)C)nc3s2)cc1. The fourth-order valence-electron chi connectivity index (χ4n) is 3.98. The summed E-state index contributed by atoms with van der Waals surface area (Å²) in [5.41, 5.74) is 1.19. The lowest BCUT2D eigenvalue weighted by atomic mass is 10.1. The van der Waals surface area contributed by atoms with E-state index in [2.05, 4.69) is 39.1 Å². The maximum absolute atomic E-state index is 13.5. The maximum Gasteiger partial charge on any atom is 0.278 e. The highest BCUT2D eigenvalue weighted by molar-refractivity contribution is 7.91. The molecule has 0 radical (unpaired) electrons. The molecule has 1 aromatic carbocycles. The van der Waals surface area contributed by atoms with Crippen LogP contribution in [0, 0.1) is 0 Å². The van der Waals surface area contributed by atoms with Crippen LogP contribution in [0.3, 0.4) is 0 Å². The van der Waals surface area contributed by atoms with Gasteiger partial charge in [-0.3, -0.25) is 15.1 Å². The molecular weight excluding hydrogens is 564 g/mol. The van der Waals surface area contributed by atoms with Crippen LogP contribution >= 0.6 is 11.3 Å². The smallest absolute Gasteiger partial charge is 0.278 e. The van der Waals surface area contributed by atoms with Crippen molar-refractivity contribution in [2.45, 2.75) is 43.5 Å². The first-order valence-electron chi connectivity index (χ1n) is 13.5. The molecular formula is C28H38N6O5S2. The van der Waals surface area contributed by atoms with Crippen molar-refractivity contribution in [1.29, 1.82) is 0 Å². The average molecular weight is 603 g/mol. The third-order valence-corrected chi connectivity index (χ3v) is 9.72. The summed E-state index contributed by atoms with van der Waals surface area (Å²) in [7, 11) is 2.08. The number of sulfone groups is 1. The maximum atomic E-state index is 13.5. The van der Waals surface area contributed by atoms with Gasteiger partial charge in [0.1, 0.15) is 17.0 Å². The molecule has 1 aliphatic heterocycles. The molecule has 3 heterocycles. The van der Waals surface area contributed by atoms with E-state index >= 15 is 0 Å². The quantitative estimate of drug-likeness (QED) is 0.230. The number of nitrogens with one attached hydrogen (secondary N) is 1. The zero-order chi connectivity index (χ0) is 29.6. The summed E-state index contributed by atoms with van der Waals surface area (Å²) in [6, 6.07) is 9.87. The molecule has 0 saturated carbocycles. The summed E-state index contributed by atoms with van der Waals surface area (Å²) in [6.45, 7) is 6.51. The number of anilines is 1. The summed E-state index contributed by atoms with van der Waals surface area (Å²) in [4.78, 5) is 25.5. The summed E-state index contributed by atoms with van der Waals surface area (Å²) < 4.78 is 36.2. The van der Waals surface area contributed by atoms with E-state index in [0.717, 1.165) is 25.9 Å². The van der Waals surface area contributed by atoms with Crippen LogP contribution in [-0.4, -0.2) is 98.7 Å². The number of aromatic nitrogens is 2. The molecule has 4 rings (SSSR count). The molecule has 0 bridgehead atoms. The predicted molar refractivity (Wildman–Crippen MR) is 162 cm³/mol. The first kappa shape index (κ1) is 30.8. The molecule has 0 spiro atoms. The van der Waals surface area contributed by atoms with Gasteiger partial charge in [-0.2, -0.15) is 5.10 Å². The lowest BCUT2D eigenvalue weighted by Crippen LogP contribution is -2.43. The van der Waals surface area contributed by atoms with Gasteiger partial charge in [0.25, 0.3) is 5.91 Å². The van der Waals surface area contributed by atoms with Gasteiger partial charge >= 0.3 is 0 Å². The standard InChI is InChI=1S/C28H38N6O5S2/c1-28(2,33(3)4)19-39-23-14-13-22-26(30-23)40-27(29-22)31-25(35)24(32-34-15-6-7-16-34)20-9-11-21(12-10-20)41(36,37)18-8-17-38-5/h9-14H,6-8,15-19H2,1-5H3,(H,29,31,35). The minimum absolute atomic E-state index is 0.0127. The first-order valence-corrected chi connectivity index (χ1v) is 16.0. The molecule has 1 aliphatic rings. The van der Waals surface area contributed by atoms with Crippen molar-refractivity contribution < 1.29 is 22.7 Å². The minimum Gasteiger partial charge on any atom is -0.476 e. The van der Waals surface area contributed by atoms with Crippen molar-refractivity contribution in [3.8, 4) is 5.88 Å². The molecule has 41 heavy (non-hydrogen) atoms. The third kappa shape index (κ3) is 8.00. The predicted octanol–water partition coefficient (Wildman–Crippen LogP) is 3.66. The van der Waals surface area contributed by atoms with E-state index in [9.17, 15) is 13.2 Å². The lowest BCUT2D eigenvalue weighted by molar-refractivity contribution is -0.110. The molecule has 3 aromatic rings. The van der Waals surface area contributed by atoms with Crippen LogP contribution in [0.1, 0.15) is 38.7 Å². The van der Waals surface area contributed by atoms with Crippen molar-refractivity contribution in [1.82, 2.24) is 19.9 Å². The Morgan fingerprint density at radius 3 is 2.49 bits per heavy atom. The highest BCUT2D eigenvalue weighted by Gasteiger charge is 2.23. The van der Waals surface area contributed by atoms with Crippen molar-refractivity contribution >= 4 is 48.3 Å². The molecule has 11 nitrogen and oxygen atoms in total. The van der Waals surface area contributed by atoms with Crippen LogP contribution in [0.5, 0.6) is 5.88 Å². The van der Waals surface area contributed by atoms with Crippen LogP contribution in [0.4, 0.5) is 5.13 Å². The van der Waals surface area contributed by atoms with Gasteiger partial charge in [0.05, 0.1) is 10.6 Å². The topological polar surface area (TPSA) is 126 Å². The van der Waals surface area contributed by atoms with E-state index in [1.54, 1.807) is 25.3 Å². The molecule has 1 saturated heterocycles. The van der Waals surface area contributed by atoms with Gasteiger partial charge in [-0.25, -0.2) is 18.4 Å². The number of methoxy groups -OCH3 is 1. The number of carbonyl (C=O) groups is 1.